The van der Waals surface area contributed by atoms with Crippen LogP contribution in [0.5, 0.6) is 17.2 Å². The summed E-state index contributed by atoms with van der Waals surface area (Å²) in [5.74, 6) is 1.85. The Bertz CT molecular complexity index is 548. The van der Waals surface area contributed by atoms with Gasteiger partial charge < -0.3 is 18.6 Å². The van der Waals surface area contributed by atoms with Crippen LogP contribution < -0.4 is 19.3 Å². The topological polar surface area (TPSA) is 92.6 Å². The molecule has 2 aromatic rings. The Labute approximate surface area is 114 Å². The van der Waals surface area contributed by atoms with E-state index in [1.54, 1.807) is 12.1 Å². The average Bonchev–Trinajstić information content (AvgIpc) is 2.94. The Kier molecular flexibility index (Phi) is 4.13. The molecule has 7 nitrogen and oxygen atoms in total. The van der Waals surface area contributed by atoms with Gasteiger partial charge in [0.15, 0.2) is 11.5 Å². The van der Waals surface area contributed by atoms with E-state index in [0.29, 0.717) is 28.7 Å². The van der Waals surface area contributed by atoms with E-state index in [1.165, 1.54) is 21.3 Å². The fraction of sp³-hybridized carbons (Fsp3) is 0.273. The molecule has 0 fully saturated rings. The molecule has 0 radical (unpaired) electrons. The Balaban J connectivity index is 2.51. The van der Waals surface area contributed by atoms with Crippen molar-refractivity contribution in [3.05, 3.63) is 12.1 Å². The van der Waals surface area contributed by atoms with Crippen LogP contribution in [0.25, 0.3) is 11.5 Å². The van der Waals surface area contributed by atoms with Crippen molar-refractivity contribution in [3.63, 3.8) is 0 Å². The Morgan fingerprint density at radius 1 is 1.05 bits per heavy atom. The molecule has 1 aromatic carbocycles. The summed E-state index contributed by atoms with van der Waals surface area (Å²) in [6, 6.07) is 3.44. The molecule has 8 heteroatoms. The van der Waals surface area contributed by atoms with E-state index in [-0.39, 0.29) is 5.22 Å². The first-order valence-electron chi connectivity index (χ1n) is 5.24. The van der Waals surface area contributed by atoms with E-state index in [0.717, 1.165) is 11.9 Å². The fourth-order valence-electron chi connectivity index (χ4n) is 1.58. The monoisotopic (exact) mass is 283 g/mol. The van der Waals surface area contributed by atoms with Crippen molar-refractivity contribution in [1.82, 2.24) is 10.2 Å². The molecule has 2 N–H and O–H groups in total. The molecule has 0 bridgehead atoms. The molecular weight excluding hydrogens is 270 g/mol. The van der Waals surface area contributed by atoms with Gasteiger partial charge in [-0.15, -0.1) is 5.10 Å². The first-order valence-corrected chi connectivity index (χ1v) is 6.12. The lowest BCUT2D eigenvalue weighted by molar-refractivity contribution is 0.324. The Hall–Kier alpha value is -1.93. The second kappa shape index (κ2) is 5.81. The van der Waals surface area contributed by atoms with Crippen molar-refractivity contribution in [2.24, 2.45) is 5.14 Å². The van der Waals surface area contributed by atoms with Gasteiger partial charge in [0.1, 0.15) is 0 Å². The molecule has 1 aromatic heterocycles. The first-order chi connectivity index (χ1) is 9.23. The second-order valence-electron chi connectivity index (χ2n) is 3.40. The minimum absolute atomic E-state index is 0.281. The molecule has 0 unspecified atom stereocenters. The lowest BCUT2D eigenvalue weighted by Gasteiger charge is -2.12. The van der Waals surface area contributed by atoms with Gasteiger partial charge in [-0.1, -0.05) is 5.10 Å². The normalized spacial score (nSPS) is 10.3. The number of methoxy groups -OCH3 is 3. The maximum atomic E-state index is 5.36. The van der Waals surface area contributed by atoms with Crippen molar-refractivity contribution in [3.8, 4) is 28.7 Å². The molecule has 1 heterocycles. The zero-order valence-electron chi connectivity index (χ0n) is 10.7. The standard InChI is InChI=1S/C11H13N3O4S/c1-15-7-4-6(5-8(16-2)9(7)17-3)10-13-14-11(18-10)19-12/h4-5H,12H2,1-3H3. The summed E-state index contributed by atoms with van der Waals surface area (Å²) in [6.07, 6.45) is 0. The summed E-state index contributed by atoms with van der Waals surface area (Å²) in [5.41, 5.74) is 0.655. The zero-order chi connectivity index (χ0) is 13.8. The van der Waals surface area contributed by atoms with E-state index in [2.05, 4.69) is 10.2 Å². The van der Waals surface area contributed by atoms with E-state index >= 15 is 0 Å². The van der Waals surface area contributed by atoms with Gasteiger partial charge in [-0.2, -0.15) is 0 Å². The third kappa shape index (κ3) is 2.59. The fourth-order valence-corrected chi connectivity index (χ4v) is 1.79. The van der Waals surface area contributed by atoms with Crippen molar-refractivity contribution in [2.45, 2.75) is 5.22 Å². The molecule has 0 aliphatic carbocycles. The minimum Gasteiger partial charge on any atom is -0.493 e. The van der Waals surface area contributed by atoms with Gasteiger partial charge in [-0.3, -0.25) is 5.14 Å². The molecule has 2 rings (SSSR count). The Morgan fingerprint density at radius 2 is 1.68 bits per heavy atom. The SMILES string of the molecule is COc1cc(-c2nnc(SN)o2)cc(OC)c1OC. The zero-order valence-corrected chi connectivity index (χ0v) is 11.5. The molecule has 102 valence electrons. The van der Waals surface area contributed by atoms with Crippen LogP contribution >= 0.6 is 11.9 Å². The maximum absolute atomic E-state index is 5.36. The number of nitrogens with two attached hydrogens (primary N) is 1. The van der Waals surface area contributed by atoms with Gasteiger partial charge in [-0.05, 0) is 12.1 Å². The van der Waals surface area contributed by atoms with E-state index < -0.39 is 0 Å². The summed E-state index contributed by atoms with van der Waals surface area (Å²) in [7, 11) is 4.61. The molecule has 0 spiro atoms. The molecule has 0 aliphatic heterocycles. The molecule has 0 saturated heterocycles. The van der Waals surface area contributed by atoms with Crippen molar-refractivity contribution >= 4 is 11.9 Å². The van der Waals surface area contributed by atoms with Gasteiger partial charge in [-0.25, -0.2) is 0 Å². The summed E-state index contributed by atoms with van der Waals surface area (Å²) in [6.45, 7) is 0. The lowest BCUT2D eigenvalue weighted by atomic mass is 10.2. The first kappa shape index (κ1) is 13.5. The highest BCUT2D eigenvalue weighted by Crippen LogP contribution is 2.40. The lowest BCUT2D eigenvalue weighted by Crippen LogP contribution is -1.95. The molecule has 0 amide bonds. The highest BCUT2D eigenvalue weighted by atomic mass is 32.2. The molecular formula is C11H13N3O4S. The van der Waals surface area contributed by atoms with Gasteiger partial charge in [0, 0.05) is 17.5 Å². The third-order valence-electron chi connectivity index (χ3n) is 2.42. The van der Waals surface area contributed by atoms with Crippen molar-refractivity contribution < 1.29 is 18.6 Å². The maximum Gasteiger partial charge on any atom is 0.291 e. The van der Waals surface area contributed by atoms with Crippen LogP contribution in [0.1, 0.15) is 0 Å². The molecule has 0 aliphatic rings. The highest BCUT2D eigenvalue weighted by molar-refractivity contribution is 7.96. The number of rotatable bonds is 5. The average molecular weight is 283 g/mol. The van der Waals surface area contributed by atoms with Crippen LogP contribution in [0.2, 0.25) is 0 Å². The molecule has 0 saturated carbocycles. The number of nitrogens with zero attached hydrogens (tertiary/aromatic N) is 2. The molecule has 19 heavy (non-hydrogen) atoms. The van der Waals surface area contributed by atoms with Gasteiger partial charge in [0.05, 0.1) is 21.3 Å². The van der Waals surface area contributed by atoms with Crippen LogP contribution in [0, 0.1) is 0 Å². The number of hydrogen-bond donors (Lipinski definition) is 1. The van der Waals surface area contributed by atoms with Gasteiger partial charge in [0.2, 0.25) is 11.6 Å². The van der Waals surface area contributed by atoms with Crippen LogP contribution in [-0.4, -0.2) is 31.5 Å². The van der Waals surface area contributed by atoms with Crippen LogP contribution in [-0.2, 0) is 0 Å². The minimum atomic E-state index is 0.281. The van der Waals surface area contributed by atoms with Crippen molar-refractivity contribution in [2.75, 3.05) is 21.3 Å². The number of hydrogen-bond acceptors (Lipinski definition) is 8. The molecule has 0 atom stereocenters. The number of ether oxygens (including phenoxy) is 3. The summed E-state index contributed by atoms with van der Waals surface area (Å²) < 4.78 is 21.1. The summed E-state index contributed by atoms with van der Waals surface area (Å²) in [5, 5.41) is 13.3. The quantitative estimate of drug-likeness (QED) is 0.829. The Morgan fingerprint density at radius 3 is 2.11 bits per heavy atom. The predicted octanol–water partition coefficient (Wildman–Crippen LogP) is 1.73. The number of aromatic nitrogens is 2. The van der Waals surface area contributed by atoms with Crippen molar-refractivity contribution in [1.29, 1.82) is 0 Å². The van der Waals surface area contributed by atoms with E-state index in [1.807, 2.05) is 0 Å². The summed E-state index contributed by atoms with van der Waals surface area (Å²) in [4.78, 5) is 0. The predicted molar refractivity (Wildman–Crippen MR) is 69.4 cm³/mol. The highest BCUT2D eigenvalue weighted by Gasteiger charge is 2.17. The van der Waals surface area contributed by atoms with Crippen LogP contribution in [0.15, 0.2) is 21.8 Å². The smallest absolute Gasteiger partial charge is 0.291 e. The van der Waals surface area contributed by atoms with E-state index in [9.17, 15) is 0 Å². The third-order valence-corrected chi connectivity index (χ3v) is 2.79. The van der Waals surface area contributed by atoms with Gasteiger partial charge in [0.25, 0.3) is 5.22 Å². The van der Waals surface area contributed by atoms with Crippen LogP contribution in [0.3, 0.4) is 0 Å². The summed E-state index contributed by atoms with van der Waals surface area (Å²) >= 11 is 0.884. The largest absolute Gasteiger partial charge is 0.493 e. The van der Waals surface area contributed by atoms with Gasteiger partial charge >= 0.3 is 0 Å². The van der Waals surface area contributed by atoms with E-state index in [4.69, 9.17) is 23.8 Å². The number of benzene rings is 1. The van der Waals surface area contributed by atoms with Crippen LogP contribution in [0.4, 0.5) is 0 Å². The second-order valence-corrected chi connectivity index (χ2v) is 3.99.